The molecular formula is C28H32N3O3S+. The monoisotopic (exact) mass is 490 g/mol. The van der Waals surface area contributed by atoms with Crippen LogP contribution in [0.3, 0.4) is 0 Å². The number of hydrogen-bond acceptors (Lipinski definition) is 4. The van der Waals surface area contributed by atoms with E-state index in [-0.39, 0.29) is 10.5 Å². The molecule has 0 atom stereocenters. The van der Waals surface area contributed by atoms with Gasteiger partial charge in [-0.1, -0.05) is 18.2 Å². The van der Waals surface area contributed by atoms with Gasteiger partial charge in [-0.05, 0) is 86.4 Å². The predicted molar refractivity (Wildman–Crippen MR) is 142 cm³/mol. The van der Waals surface area contributed by atoms with Crippen molar-refractivity contribution in [3.05, 3.63) is 89.0 Å². The summed E-state index contributed by atoms with van der Waals surface area (Å²) in [4.78, 5) is 14.7. The van der Waals surface area contributed by atoms with Gasteiger partial charge in [0, 0.05) is 30.9 Å². The summed E-state index contributed by atoms with van der Waals surface area (Å²) in [6, 6.07) is 13.4. The normalized spacial score (nSPS) is 15.7. The maximum atomic E-state index is 12.4. The first-order chi connectivity index (χ1) is 16.8. The van der Waals surface area contributed by atoms with E-state index in [0.717, 1.165) is 59.9 Å². The summed E-state index contributed by atoms with van der Waals surface area (Å²) in [5.41, 5.74) is 6.21. The SMILES string of the molecule is CCN(CC)c1ccc(C(=C2C=CC(=[N+](CC)CC)C=C2)c2ccc3c(c2)C(=O)NS3(=O)=O)cc1. The zero-order valence-electron chi connectivity index (χ0n) is 20.7. The van der Waals surface area contributed by atoms with Crippen LogP contribution in [0.4, 0.5) is 5.69 Å². The van der Waals surface area contributed by atoms with Gasteiger partial charge in [-0.2, -0.15) is 0 Å². The molecule has 0 saturated carbocycles. The number of fused-ring (bicyclic) bond motifs is 1. The van der Waals surface area contributed by atoms with Gasteiger partial charge >= 0.3 is 0 Å². The number of nitrogens with one attached hydrogen (secondary N) is 1. The van der Waals surface area contributed by atoms with Crippen molar-refractivity contribution in [3.63, 3.8) is 0 Å². The van der Waals surface area contributed by atoms with E-state index < -0.39 is 15.9 Å². The molecule has 1 heterocycles. The standard InChI is InChI=1S/C28H31N3O3S/c1-5-30(6-2)23-14-9-20(10-15-23)27(21-11-16-24(17-12-21)31(7-3)8-4)22-13-18-26-25(19-22)28(32)29-35(26,33)34/h9-19H,5-8H2,1-4H3/p+1. The highest BCUT2D eigenvalue weighted by molar-refractivity contribution is 7.90. The molecule has 2 aromatic carbocycles. The molecule has 0 radical (unpaired) electrons. The molecule has 4 rings (SSSR count). The van der Waals surface area contributed by atoms with Crippen LogP contribution in [-0.2, 0) is 10.0 Å². The van der Waals surface area contributed by atoms with Crippen molar-refractivity contribution in [1.29, 1.82) is 0 Å². The van der Waals surface area contributed by atoms with Gasteiger partial charge in [0.25, 0.3) is 15.9 Å². The summed E-state index contributed by atoms with van der Waals surface area (Å²) in [6.07, 6.45) is 8.39. The van der Waals surface area contributed by atoms with Crippen LogP contribution in [0.2, 0.25) is 0 Å². The first kappa shape index (κ1) is 24.7. The number of carbonyl (C=O) groups excluding carboxylic acids is 1. The topological polar surface area (TPSA) is 69.5 Å². The number of sulfonamides is 1. The molecule has 6 nitrogen and oxygen atoms in total. The van der Waals surface area contributed by atoms with Crippen molar-refractivity contribution in [1.82, 2.24) is 4.72 Å². The lowest BCUT2D eigenvalue weighted by Crippen LogP contribution is -2.21. The highest BCUT2D eigenvalue weighted by atomic mass is 32.2. The third-order valence-corrected chi connectivity index (χ3v) is 7.99. The maximum absolute atomic E-state index is 12.4. The van der Waals surface area contributed by atoms with Crippen LogP contribution in [0, 0.1) is 0 Å². The van der Waals surface area contributed by atoms with Crippen molar-refractivity contribution < 1.29 is 17.8 Å². The second-order valence-corrected chi connectivity index (χ2v) is 10.1. The summed E-state index contributed by atoms with van der Waals surface area (Å²) in [5.74, 6) is -0.588. The van der Waals surface area contributed by atoms with E-state index in [4.69, 9.17) is 0 Å². The number of allylic oxidation sites excluding steroid dienone is 5. The Morgan fingerprint density at radius 3 is 2.03 bits per heavy atom. The highest BCUT2D eigenvalue weighted by Crippen LogP contribution is 2.34. The molecule has 35 heavy (non-hydrogen) atoms. The largest absolute Gasteiger partial charge is 0.372 e. The van der Waals surface area contributed by atoms with Crippen molar-refractivity contribution in [3.8, 4) is 0 Å². The molecule has 1 aliphatic heterocycles. The molecule has 7 heteroatoms. The minimum atomic E-state index is -3.79. The lowest BCUT2D eigenvalue weighted by molar-refractivity contribution is -0.519. The van der Waals surface area contributed by atoms with Crippen molar-refractivity contribution >= 4 is 32.9 Å². The van der Waals surface area contributed by atoms with Crippen LogP contribution < -0.4 is 9.62 Å². The van der Waals surface area contributed by atoms with Gasteiger partial charge in [-0.15, -0.1) is 0 Å². The molecule has 0 spiro atoms. The lowest BCUT2D eigenvalue weighted by atomic mass is 9.89. The van der Waals surface area contributed by atoms with Crippen LogP contribution in [0.25, 0.3) is 5.57 Å². The molecule has 0 fully saturated rings. The highest BCUT2D eigenvalue weighted by Gasteiger charge is 2.33. The Bertz CT molecular complexity index is 1350. The van der Waals surface area contributed by atoms with Crippen LogP contribution in [0.5, 0.6) is 0 Å². The average molecular weight is 491 g/mol. The van der Waals surface area contributed by atoms with E-state index in [9.17, 15) is 13.2 Å². The Labute approximate surface area is 208 Å². The van der Waals surface area contributed by atoms with E-state index in [0.29, 0.717) is 0 Å². The Balaban J connectivity index is 1.87. The second kappa shape index (κ2) is 10.0. The number of benzene rings is 2. The van der Waals surface area contributed by atoms with Crippen molar-refractivity contribution in [2.24, 2.45) is 0 Å². The fourth-order valence-electron chi connectivity index (χ4n) is 4.68. The lowest BCUT2D eigenvalue weighted by Gasteiger charge is -2.22. The summed E-state index contributed by atoms with van der Waals surface area (Å²) in [5, 5.41) is 0. The van der Waals surface area contributed by atoms with Crippen LogP contribution in [0.15, 0.2) is 77.2 Å². The Morgan fingerprint density at radius 2 is 1.46 bits per heavy atom. The molecule has 0 aromatic heterocycles. The predicted octanol–water partition coefficient (Wildman–Crippen LogP) is 4.39. The smallest absolute Gasteiger partial charge is 0.266 e. The fourth-order valence-corrected chi connectivity index (χ4v) is 5.84. The molecule has 1 aliphatic carbocycles. The third kappa shape index (κ3) is 4.73. The zero-order chi connectivity index (χ0) is 25.2. The van der Waals surface area contributed by atoms with Crippen LogP contribution in [-0.4, -0.2) is 50.8 Å². The number of nitrogens with zero attached hydrogens (tertiary/aromatic N) is 2. The number of rotatable bonds is 7. The summed E-state index contributed by atoms with van der Waals surface area (Å²) in [7, 11) is -3.79. The molecule has 182 valence electrons. The van der Waals surface area contributed by atoms with Crippen molar-refractivity contribution in [2.45, 2.75) is 32.6 Å². The van der Waals surface area contributed by atoms with Gasteiger partial charge in [-0.25, -0.2) is 17.7 Å². The fraction of sp³-hybridized carbons (Fsp3) is 0.286. The van der Waals surface area contributed by atoms with Crippen LogP contribution in [0.1, 0.15) is 49.2 Å². The van der Waals surface area contributed by atoms with Gasteiger partial charge in [-0.3, -0.25) is 4.79 Å². The minimum absolute atomic E-state index is 0.0272. The first-order valence-electron chi connectivity index (χ1n) is 12.1. The summed E-state index contributed by atoms with van der Waals surface area (Å²) >= 11 is 0. The number of amides is 1. The maximum Gasteiger partial charge on any atom is 0.266 e. The van der Waals surface area contributed by atoms with Crippen LogP contribution >= 0.6 is 0 Å². The zero-order valence-corrected chi connectivity index (χ0v) is 21.5. The number of carbonyl (C=O) groups is 1. The van der Waals surface area contributed by atoms with E-state index in [1.807, 2.05) is 0 Å². The molecular weight excluding hydrogens is 458 g/mol. The number of hydrogen-bond donors (Lipinski definition) is 1. The van der Waals surface area contributed by atoms with E-state index in [1.54, 1.807) is 12.1 Å². The van der Waals surface area contributed by atoms with Gasteiger partial charge < -0.3 is 4.90 Å². The summed E-state index contributed by atoms with van der Waals surface area (Å²) < 4.78 is 28.9. The van der Waals surface area contributed by atoms with Gasteiger partial charge in [0.15, 0.2) is 5.71 Å². The van der Waals surface area contributed by atoms with Gasteiger partial charge in [0.2, 0.25) is 0 Å². The van der Waals surface area contributed by atoms with Crippen molar-refractivity contribution in [2.75, 3.05) is 31.1 Å². The average Bonchev–Trinajstić information content (AvgIpc) is 3.10. The quantitative estimate of drug-likeness (QED) is 0.585. The molecule has 1 amide bonds. The third-order valence-electron chi connectivity index (χ3n) is 6.60. The first-order valence-corrected chi connectivity index (χ1v) is 13.6. The molecule has 0 unspecified atom stereocenters. The minimum Gasteiger partial charge on any atom is -0.372 e. The second-order valence-electron chi connectivity index (χ2n) is 8.46. The summed E-state index contributed by atoms with van der Waals surface area (Å²) in [6.45, 7) is 12.2. The Kier molecular flexibility index (Phi) is 7.08. The molecule has 0 saturated heterocycles. The van der Waals surface area contributed by atoms with E-state index in [1.165, 1.54) is 6.07 Å². The van der Waals surface area contributed by atoms with Gasteiger partial charge in [0.05, 0.1) is 5.56 Å². The Hall–Kier alpha value is -3.45. The molecule has 2 aromatic rings. The molecule has 0 bridgehead atoms. The molecule has 2 aliphatic rings. The van der Waals surface area contributed by atoms with E-state index in [2.05, 4.69) is 90.5 Å². The number of anilines is 1. The Morgan fingerprint density at radius 1 is 0.857 bits per heavy atom. The van der Waals surface area contributed by atoms with Gasteiger partial charge in [0.1, 0.15) is 18.0 Å². The molecule has 1 N–H and O–H groups in total. The van der Waals surface area contributed by atoms with E-state index >= 15 is 0 Å².